The van der Waals surface area contributed by atoms with E-state index in [1.165, 1.54) is 0 Å². The van der Waals surface area contributed by atoms with Crippen LogP contribution in [0.1, 0.15) is 42.6 Å². The van der Waals surface area contributed by atoms with Crippen LogP contribution in [-0.2, 0) is 16.6 Å². The largest absolute Gasteiger partial charge is 0.336 e. The molecule has 24 heavy (non-hydrogen) atoms. The van der Waals surface area contributed by atoms with Crippen LogP contribution in [0.2, 0.25) is 0 Å². The van der Waals surface area contributed by atoms with Gasteiger partial charge in [-0.05, 0) is 18.8 Å². The van der Waals surface area contributed by atoms with Crippen molar-refractivity contribution in [1.29, 1.82) is 0 Å². The van der Waals surface area contributed by atoms with Gasteiger partial charge in [0.1, 0.15) is 17.7 Å². The Labute approximate surface area is 139 Å². The van der Waals surface area contributed by atoms with Gasteiger partial charge in [-0.2, -0.15) is 5.10 Å². The summed E-state index contributed by atoms with van der Waals surface area (Å²) in [5.41, 5.74) is 1.05. The number of H-pyrrole nitrogens is 1. The van der Waals surface area contributed by atoms with Crippen molar-refractivity contribution in [3.8, 4) is 0 Å². The van der Waals surface area contributed by atoms with Crippen LogP contribution >= 0.6 is 0 Å². The highest BCUT2D eigenvalue weighted by Gasteiger charge is 2.45. The van der Waals surface area contributed by atoms with E-state index in [4.69, 9.17) is 0 Å². The number of hydrogen-bond donors (Lipinski definition) is 2. The molecule has 2 N–H and O–H groups in total. The molecule has 4 rings (SSSR count). The number of aromatic nitrogens is 4. The van der Waals surface area contributed by atoms with Crippen LogP contribution in [0.5, 0.6) is 0 Å². The fraction of sp³-hybridized carbons (Fsp3) is 0.500. The van der Waals surface area contributed by atoms with E-state index in [0.717, 1.165) is 24.2 Å². The minimum atomic E-state index is -0.473. The summed E-state index contributed by atoms with van der Waals surface area (Å²) in [6.07, 6.45) is 7.72. The molecule has 0 radical (unpaired) electrons. The lowest BCUT2D eigenvalue weighted by atomic mass is 9.98. The SMILES string of the molecule is CN1C(=O)C[C@H](C(=O)Nc2[nH]ncc2C2CC2)[C@H]1c1nccn1C. The summed E-state index contributed by atoms with van der Waals surface area (Å²) < 4.78 is 1.85. The molecule has 1 saturated carbocycles. The molecule has 0 unspecified atom stereocenters. The van der Waals surface area contributed by atoms with Gasteiger partial charge in [-0.15, -0.1) is 0 Å². The number of carbonyl (C=O) groups excluding carboxylic acids is 2. The van der Waals surface area contributed by atoms with Crippen LogP contribution < -0.4 is 5.32 Å². The number of nitrogens with one attached hydrogen (secondary N) is 2. The summed E-state index contributed by atoms with van der Waals surface area (Å²) >= 11 is 0. The average Bonchev–Trinajstić information content (AvgIpc) is 3.04. The molecule has 2 amide bonds. The number of nitrogens with zero attached hydrogens (tertiary/aromatic N) is 4. The number of amides is 2. The monoisotopic (exact) mass is 328 g/mol. The lowest BCUT2D eigenvalue weighted by Gasteiger charge is -2.24. The van der Waals surface area contributed by atoms with E-state index >= 15 is 0 Å². The van der Waals surface area contributed by atoms with Gasteiger partial charge in [0, 0.05) is 38.5 Å². The van der Waals surface area contributed by atoms with Gasteiger partial charge in [-0.25, -0.2) is 4.98 Å². The third kappa shape index (κ3) is 2.38. The minimum absolute atomic E-state index is 0.0461. The van der Waals surface area contributed by atoms with Crippen LogP contribution in [0.3, 0.4) is 0 Å². The maximum atomic E-state index is 12.8. The van der Waals surface area contributed by atoms with Gasteiger partial charge < -0.3 is 14.8 Å². The molecular weight excluding hydrogens is 308 g/mol. The summed E-state index contributed by atoms with van der Waals surface area (Å²) in [5.74, 6) is 1.16. The third-order valence-electron chi connectivity index (χ3n) is 4.98. The van der Waals surface area contributed by atoms with Gasteiger partial charge in [-0.1, -0.05) is 0 Å². The quantitative estimate of drug-likeness (QED) is 0.881. The Morgan fingerprint density at radius 3 is 2.83 bits per heavy atom. The van der Waals surface area contributed by atoms with Crippen molar-refractivity contribution in [2.75, 3.05) is 12.4 Å². The number of aromatic amines is 1. The smallest absolute Gasteiger partial charge is 0.231 e. The number of imidazole rings is 1. The van der Waals surface area contributed by atoms with E-state index in [2.05, 4.69) is 20.5 Å². The molecule has 126 valence electrons. The number of likely N-dealkylation sites (tertiary alicyclic amines) is 1. The number of carbonyl (C=O) groups is 2. The van der Waals surface area contributed by atoms with E-state index in [1.54, 1.807) is 24.3 Å². The lowest BCUT2D eigenvalue weighted by molar-refractivity contribution is -0.128. The fourth-order valence-corrected chi connectivity index (χ4v) is 3.44. The zero-order valence-corrected chi connectivity index (χ0v) is 13.7. The summed E-state index contributed by atoms with van der Waals surface area (Å²) in [7, 11) is 3.59. The van der Waals surface area contributed by atoms with Crippen molar-refractivity contribution in [2.24, 2.45) is 13.0 Å². The Kier molecular flexibility index (Phi) is 3.40. The summed E-state index contributed by atoms with van der Waals surface area (Å²) in [4.78, 5) is 31.0. The summed E-state index contributed by atoms with van der Waals surface area (Å²) in [6.45, 7) is 0. The van der Waals surface area contributed by atoms with Crippen LogP contribution in [0.25, 0.3) is 0 Å². The molecule has 1 aliphatic heterocycles. The Hall–Kier alpha value is -2.64. The van der Waals surface area contributed by atoms with Gasteiger partial charge >= 0.3 is 0 Å². The molecule has 2 atom stereocenters. The first-order valence-corrected chi connectivity index (χ1v) is 8.13. The molecular formula is C16H20N6O2. The van der Waals surface area contributed by atoms with Crippen molar-refractivity contribution in [3.05, 3.63) is 30.0 Å². The second-order valence-corrected chi connectivity index (χ2v) is 6.62. The van der Waals surface area contributed by atoms with Gasteiger partial charge in [0.25, 0.3) is 0 Å². The highest BCUT2D eigenvalue weighted by Crippen LogP contribution is 2.43. The predicted octanol–water partition coefficient (Wildman–Crippen LogP) is 1.18. The number of rotatable bonds is 4. The highest BCUT2D eigenvalue weighted by molar-refractivity contribution is 5.97. The summed E-state index contributed by atoms with van der Waals surface area (Å²) in [5, 5.41) is 9.84. The Bertz CT molecular complexity index is 790. The zero-order chi connectivity index (χ0) is 16.8. The topological polar surface area (TPSA) is 95.9 Å². The van der Waals surface area contributed by atoms with Gasteiger partial charge in [0.05, 0.1) is 12.1 Å². The number of aryl methyl sites for hydroxylation is 1. The maximum Gasteiger partial charge on any atom is 0.231 e. The molecule has 3 heterocycles. The van der Waals surface area contributed by atoms with Crippen LogP contribution in [0, 0.1) is 5.92 Å². The molecule has 0 spiro atoms. The molecule has 2 aromatic heterocycles. The van der Waals surface area contributed by atoms with Gasteiger partial charge in [0.15, 0.2) is 0 Å². The average molecular weight is 328 g/mol. The lowest BCUT2D eigenvalue weighted by Crippen LogP contribution is -2.32. The maximum absolute atomic E-state index is 12.8. The number of anilines is 1. The zero-order valence-electron chi connectivity index (χ0n) is 13.7. The van der Waals surface area contributed by atoms with E-state index in [-0.39, 0.29) is 24.3 Å². The molecule has 0 aromatic carbocycles. The Morgan fingerprint density at radius 2 is 2.17 bits per heavy atom. The van der Waals surface area contributed by atoms with Crippen LogP contribution in [0.15, 0.2) is 18.6 Å². The summed E-state index contributed by atoms with van der Waals surface area (Å²) in [6, 6.07) is -0.357. The standard InChI is InChI=1S/C16H20N6O2/c1-21-6-5-17-15(21)13-10(7-12(23)22(13)2)16(24)19-14-11(8-18-20-14)9-3-4-9/h5-6,8-10,13H,3-4,7H2,1-2H3,(H2,18,19,20,24)/t10-,13-/m0/s1. The third-order valence-corrected chi connectivity index (χ3v) is 4.98. The fourth-order valence-electron chi connectivity index (χ4n) is 3.44. The molecule has 8 nitrogen and oxygen atoms in total. The van der Waals surface area contributed by atoms with Crippen molar-refractivity contribution >= 4 is 17.6 Å². The highest BCUT2D eigenvalue weighted by atomic mass is 16.2. The van der Waals surface area contributed by atoms with E-state index < -0.39 is 5.92 Å². The molecule has 2 aliphatic rings. The van der Waals surface area contributed by atoms with Crippen molar-refractivity contribution in [2.45, 2.75) is 31.2 Å². The second kappa shape index (κ2) is 5.47. The molecule has 2 aromatic rings. The van der Waals surface area contributed by atoms with Gasteiger partial charge in [0.2, 0.25) is 11.8 Å². The first-order valence-electron chi connectivity index (χ1n) is 8.13. The van der Waals surface area contributed by atoms with Crippen molar-refractivity contribution in [1.82, 2.24) is 24.6 Å². The minimum Gasteiger partial charge on any atom is -0.336 e. The molecule has 1 aliphatic carbocycles. The first-order chi connectivity index (χ1) is 11.6. The predicted molar refractivity (Wildman–Crippen MR) is 86.0 cm³/mol. The van der Waals surface area contributed by atoms with Crippen molar-refractivity contribution in [3.63, 3.8) is 0 Å². The Balaban J connectivity index is 1.59. The Morgan fingerprint density at radius 1 is 1.38 bits per heavy atom. The number of hydrogen-bond acceptors (Lipinski definition) is 4. The van der Waals surface area contributed by atoms with E-state index in [0.29, 0.717) is 11.7 Å². The molecule has 0 bridgehead atoms. The van der Waals surface area contributed by atoms with E-state index in [9.17, 15) is 9.59 Å². The van der Waals surface area contributed by atoms with Crippen molar-refractivity contribution < 1.29 is 9.59 Å². The van der Waals surface area contributed by atoms with E-state index in [1.807, 2.05) is 17.8 Å². The first kappa shape index (κ1) is 14.9. The molecule has 1 saturated heterocycles. The second-order valence-electron chi connectivity index (χ2n) is 6.62. The molecule has 2 fully saturated rings. The normalized spacial score (nSPS) is 23.8. The van der Waals surface area contributed by atoms with Crippen LogP contribution in [0.4, 0.5) is 5.82 Å². The molecule has 8 heteroatoms. The van der Waals surface area contributed by atoms with Crippen LogP contribution in [-0.4, -0.2) is 43.5 Å². The van der Waals surface area contributed by atoms with Gasteiger partial charge in [-0.3, -0.25) is 14.7 Å².